The summed E-state index contributed by atoms with van der Waals surface area (Å²) in [7, 11) is 0. The zero-order valence-electron chi connectivity index (χ0n) is 12.8. The molecule has 0 radical (unpaired) electrons. The van der Waals surface area contributed by atoms with Crippen LogP contribution in [-0.4, -0.2) is 39.9 Å². The zero-order chi connectivity index (χ0) is 17.9. The quantitative estimate of drug-likeness (QED) is 0.523. The molecule has 24 heavy (non-hydrogen) atoms. The molecule has 0 aromatic rings. The average molecular weight is 336 g/mol. The van der Waals surface area contributed by atoms with Gasteiger partial charge in [-0.3, -0.25) is 28.9 Å². The summed E-state index contributed by atoms with van der Waals surface area (Å²) in [4.78, 5) is 68.0. The second-order valence-electron chi connectivity index (χ2n) is 5.34. The number of amides is 4. The molecule has 9 nitrogen and oxygen atoms in total. The molecule has 0 spiro atoms. The summed E-state index contributed by atoms with van der Waals surface area (Å²) >= 11 is 0. The Kier molecular flexibility index (Phi) is 5.12. The predicted octanol–water partition coefficient (Wildman–Crippen LogP) is 0.872. The van der Waals surface area contributed by atoms with E-state index in [1.54, 1.807) is 0 Å². The number of hydroxylamine groups is 4. The molecule has 2 fully saturated rings. The van der Waals surface area contributed by atoms with Crippen LogP contribution in [0.4, 0.5) is 4.79 Å². The van der Waals surface area contributed by atoms with E-state index in [1.165, 1.54) is 12.2 Å². The van der Waals surface area contributed by atoms with Crippen molar-refractivity contribution in [1.82, 2.24) is 10.1 Å². The highest BCUT2D eigenvalue weighted by atomic mass is 16.9. The number of nitrogens with zero attached hydrogens (tertiary/aromatic N) is 2. The molecule has 0 N–H and O–H groups in total. The largest absolute Gasteiger partial charge is 0.560 e. The van der Waals surface area contributed by atoms with E-state index in [-0.39, 0.29) is 35.8 Å². The molecule has 0 saturated carbocycles. The van der Waals surface area contributed by atoms with Gasteiger partial charge in [-0.25, -0.2) is 0 Å². The number of hydrogen-bond acceptors (Lipinski definition) is 7. The van der Waals surface area contributed by atoms with Gasteiger partial charge in [-0.1, -0.05) is 22.3 Å². The Bertz CT molecular complexity index is 575. The van der Waals surface area contributed by atoms with Gasteiger partial charge in [0.15, 0.2) is 0 Å². The monoisotopic (exact) mass is 336 g/mol. The van der Waals surface area contributed by atoms with Crippen molar-refractivity contribution in [3.63, 3.8) is 0 Å². The fourth-order valence-corrected chi connectivity index (χ4v) is 2.47. The van der Waals surface area contributed by atoms with Gasteiger partial charge in [0.05, 0.1) is 11.8 Å². The van der Waals surface area contributed by atoms with E-state index in [1.807, 2.05) is 0 Å². The topological polar surface area (TPSA) is 110 Å². The Balaban J connectivity index is 1.96. The molecule has 2 atom stereocenters. The highest BCUT2D eigenvalue weighted by Crippen LogP contribution is 2.25. The SMILES string of the molecule is C=CCC1CC(=O)N(OC(=O)ON2C(=O)CC(CC=C)C2=O)C1=O. The molecule has 0 aromatic heterocycles. The first-order chi connectivity index (χ1) is 11.4. The molecule has 128 valence electrons. The second-order valence-corrected chi connectivity index (χ2v) is 5.34. The van der Waals surface area contributed by atoms with E-state index in [2.05, 4.69) is 22.8 Å². The fraction of sp³-hybridized carbons (Fsp3) is 0.400. The third-order valence-corrected chi connectivity index (χ3v) is 3.63. The Labute approximate surface area is 137 Å². The molecule has 2 aliphatic heterocycles. The summed E-state index contributed by atoms with van der Waals surface area (Å²) in [5.41, 5.74) is 0. The van der Waals surface area contributed by atoms with Crippen molar-refractivity contribution in [3.8, 4) is 0 Å². The number of imide groups is 2. The third-order valence-electron chi connectivity index (χ3n) is 3.63. The smallest absolute Gasteiger partial charge is 0.293 e. The van der Waals surface area contributed by atoms with Crippen molar-refractivity contribution >= 4 is 29.8 Å². The molecule has 4 amide bonds. The lowest BCUT2D eigenvalue weighted by Crippen LogP contribution is -2.38. The van der Waals surface area contributed by atoms with Crippen molar-refractivity contribution in [2.45, 2.75) is 25.7 Å². The van der Waals surface area contributed by atoms with E-state index in [4.69, 9.17) is 0 Å². The minimum Gasteiger partial charge on any atom is -0.293 e. The van der Waals surface area contributed by atoms with Crippen LogP contribution < -0.4 is 0 Å². The molecular formula is C15H16N2O7. The van der Waals surface area contributed by atoms with Crippen LogP contribution >= 0.6 is 0 Å². The van der Waals surface area contributed by atoms with Gasteiger partial charge in [-0.05, 0) is 12.8 Å². The van der Waals surface area contributed by atoms with Gasteiger partial charge in [-0.15, -0.1) is 13.2 Å². The predicted molar refractivity (Wildman–Crippen MR) is 77.1 cm³/mol. The van der Waals surface area contributed by atoms with Gasteiger partial charge >= 0.3 is 6.16 Å². The summed E-state index contributed by atoms with van der Waals surface area (Å²) in [5, 5.41) is 0.561. The van der Waals surface area contributed by atoms with Gasteiger partial charge in [0, 0.05) is 12.8 Å². The first-order valence-corrected chi connectivity index (χ1v) is 7.24. The highest BCUT2D eigenvalue weighted by Gasteiger charge is 2.44. The van der Waals surface area contributed by atoms with Crippen LogP contribution in [-0.2, 0) is 28.9 Å². The summed E-state index contributed by atoms with van der Waals surface area (Å²) < 4.78 is 0. The van der Waals surface area contributed by atoms with Gasteiger partial charge < -0.3 is 0 Å². The molecule has 2 saturated heterocycles. The first kappa shape index (κ1) is 17.4. The molecule has 0 aliphatic carbocycles. The highest BCUT2D eigenvalue weighted by molar-refractivity contribution is 6.04. The van der Waals surface area contributed by atoms with Crippen LogP contribution in [0.15, 0.2) is 25.3 Å². The molecule has 2 aliphatic rings. The maximum Gasteiger partial charge on any atom is 0.560 e. The van der Waals surface area contributed by atoms with Crippen LogP contribution in [0.2, 0.25) is 0 Å². The summed E-state index contributed by atoms with van der Waals surface area (Å²) in [6.45, 7) is 6.95. The Morgan fingerprint density at radius 1 is 0.917 bits per heavy atom. The Morgan fingerprint density at radius 2 is 1.29 bits per heavy atom. The van der Waals surface area contributed by atoms with Crippen molar-refractivity contribution in [1.29, 1.82) is 0 Å². The van der Waals surface area contributed by atoms with Crippen molar-refractivity contribution in [2.24, 2.45) is 11.8 Å². The molecule has 0 aromatic carbocycles. The lowest BCUT2D eigenvalue weighted by molar-refractivity contribution is -0.199. The van der Waals surface area contributed by atoms with Crippen molar-refractivity contribution < 1.29 is 33.6 Å². The summed E-state index contributed by atoms with van der Waals surface area (Å²) in [6.07, 6.45) is 1.69. The van der Waals surface area contributed by atoms with Gasteiger partial charge in [0.2, 0.25) is 0 Å². The standard InChI is InChI=1S/C15H16N2O7/c1-3-5-9-7-11(18)16(13(9)20)23-15(22)24-17-12(19)8-10(6-4-2)14(17)21/h3-4,9-10H,1-2,5-8H2. The lowest BCUT2D eigenvalue weighted by Gasteiger charge is -2.16. The Morgan fingerprint density at radius 3 is 1.62 bits per heavy atom. The van der Waals surface area contributed by atoms with E-state index in [0.717, 1.165) is 0 Å². The maximum absolute atomic E-state index is 11.9. The number of rotatable bonds is 6. The average Bonchev–Trinajstić information content (AvgIpc) is 2.93. The van der Waals surface area contributed by atoms with E-state index < -0.39 is 41.6 Å². The normalized spacial score (nSPS) is 23.7. The number of carbonyl (C=O) groups excluding carboxylic acids is 5. The van der Waals surface area contributed by atoms with E-state index >= 15 is 0 Å². The van der Waals surface area contributed by atoms with Crippen LogP contribution in [0.3, 0.4) is 0 Å². The molecule has 0 bridgehead atoms. The summed E-state index contributed by atoms with van der Waals surface area (Å²) in [5.74, 6) is -4.16. The molecule has 2 rings (SSSR count). The van der Waals surface area contributed by atoms with Crippen LogP contribution in [0.25, 0.3) is 0 Å². The first-order valence-electron chi connectivity index (χ1n) is 7.24. The molecule has 9 heteroatoms. The van der Waals surface area contributed by atoms with Gasteiger partial charge in [0.25, 0.3) is 23.6 Å². The second kappa shape index (κ2) is 7.07. The van der Waals surface area contributed by atoms with Crippen LogP contribution in [0.1, 0.15) is 25.7 Å². The van der Waals surface area contributed by atoms with E-state index in [9.17, 15) is 24.0 Å². The number of allylic oxidation sites excluding steroid dienone is 2. The Hall–Kier alpha value is -2.97. The fourth-order valence-electron chi connectivity index (χ4n) is 2.47. The number of carbonyl (C=O) groups is 5. The third kappa shape index (κ3) is 3.34. The molecular weight excluding hydrogens is 320 g/mol. The number of hydrogen-bond donors (Lipinski definition) is 0. The lowest BCUT2D eigenvalue weighted by atomic mass is 10.0. The van der Waals surface area contributed by atoms with Gasteiger partial charge in [-0.2, -0.15) is 4.79 Å². The maximum atomic E-state index is 11.9. The minimum absolute atomic E-state index is 0.124. The zero-order valence-corrected chi connectivity index (χ0v) is 12.8. The molecule has 2 unspecified atom stereocenters. The van der Waals surface area contributed by atoms with Crippen molar-refractivity contribution in [3.05, 3.63) is 25.3 Å². The van der Waals surface area contributed by atoms with Crippen LogP contribution in [0.5, 0.6) is 0 Å². The van der Waals surface area contributed by atoms with E-state index in [0.29, 0.717) is 0 Å². The minimum atomic E-state index is -1.52. The van der Waals surface area contributed by atoms with Crippen molar-refractivity contribution in [2.75, 3.05) is 0 Å². The van der Waals surface area contributed by atoms with Crippen LogP contribution in [0, 0.1) is 11.8 Å². The van der Waals surface area contributed by atoms with Gasteiger partial charge in [0.1, 0.15) is 0 Å². The molecule has 2 heterocycles. The summed E-state index contributed by atoms with van der Waals surface area (Å²) in [6, 6.07) is 0.